The maximum atomic E-state index is 14.1. The third-order valence-electron chi connectivity index (χ3n) is 3.58. The lowest BCUT2D eigenvalue weighted by molar-refractivity contribution is -0.0958. The molecule has 2 unspecified atom stereocenters. The van der Waals surface area contributed by atoms with Crippen LogP contribution in [0.3, 0.4) is 0 Å². The van der Waals surface area contributed by atoms with Gasteiger partial charge < -0.3 is 14.2 Å². The summed E-state index contributed by atoms with van der Waals surface area (Å²) in [7, 11) is 1.60. The Morgan fingerprint density at radius 2 is 2.35 bits per heavy atom. The van der Waals surface area contributed by atoms with Crippen LogP contribution in [-0.2, 0) is 11.2 Å². The highest BCUT2D eigenvalue weighted by atomic mass is 19.1. The van der Waals surface area contributed by atoms with Gasteiger partial charge in [-0.15, -0.1) is 0 Å². The van der Waals surface area contributed by atoms with E-state index >= 15 is 0 Å². The van der Waals surface area contributed by atoms with Gasteiger partial charge in [0.25, 0.3) is 0 Å². The Hall–Kier alpha value is -1.29. The Morgan fingerprint density at radius 3 is 3.12 bits per heavy atom. The molecule has 2 heterocycles. The molecule has 0 saturated carbocycles. The molecule has 0 aromatic heterocycles. The fourth-order valence-electron chi connectivity index (χ4n) is 2.59. The van der Waals surface area contributed by atoms with Gasteiger partial charge in [0.1, 0.15) is 5.60 Å². The minimum Gasteiger partial charge on any atom is -0.493 e. The van der Waals surface area contributed by atoms with Crippen molar-refractivity contribution < 1.29 is 18.6 Å². The Kier molecular flexibility index (Phi) is 2.47. The van der Waals surface area contributed by atoms with Gasteiger partial charge >= 0.3 is 0 Å². The number of rotatable bonds is 1. The third kappa shape index (κ3) is 1.59. The van der Waals surface area contributed by atoms with Gasteiger partial charge in [-0.05, 0) is 6.07 Å². The molecule has 1 aromatic rings. The number of hydrogen-bond donors (Lipinski definition) is 0. The second-order valence-electron chi connectivity index (χ2n) is 4.58. The number of methoxy groups -OCH3 is 1. The van der Waals surface area contributed by atoms with E-state index < -0.39 is 11.8 Å². The summed E-state index contributed by atoms with van der Waals surface area (Å²) in [4.78, 5) is 0. The summed E-state index contributed by atoms with van der Waals surface area (Å²) in [5.41, 5.74) is 0.281. The van der Waals surface area contributed by atoms with E-state index in [1.165, 1.54) is 0 Å². The number of halogens is 1. The van der Waals surface area contributed by atoms with Gasteiger partial charge in [-0.1, -0.05) is 12.1 Å². The molecule has 92 valence electrons. The molecule has 0 amide bonds. The summed E-state index contributed by atoms with van der Waals surface area (Å²) in [5, 5.41) is 0. The molecular formula is C13H15FO3. The first-order valence-electron chi connectivity index (χ1n) is 5.82. The summed E-state index contributed by atoms with van der Waals surface area (Å²) < 4.78 is 30.3. The molecule has 0 aliphatic carbocycles. The van der Waals surface area contributed by atoms with Crippen LogP contribution < -0.4 is 9.47 Å². The average Bonchev–Trinajstić information content (AvgIpc) is 2.72. The second-order valence-corrected chi connectivity index (χ2v) is 4.58. The molecule has 1 saturated heterocycles. The van der Waals surface area contributed by atoms with Crippen molar-refractivity contribution in [2.24, 2.45) is 0 Å². The summed E-state index contributed by atoms with van der Waals surface area (Å²) in [6.07, 6.45) is 0.115. The van der Waals surface area contributed by atoms with Gasteiger partial charge in [0, 0.05) is 18.4 Å². The highest BCUT2D eigenvalue weighted by molar-refractivity contribution is 5.50. The van der Waals surface area contributed by atoms with E-state index in [2.05, 4.69) is 0 Å². The maximum absolute atomic E-state index is 14.1. The smallest absolute Gasteiger partial charge is 0.165 e. The van der Waals surface area contributed by atoms with Crippen LogP contribution >= 0.6 is 0 Å². The number of fused-ring (bicyclic) bond motifs is 1. The summed E-state index contributed by atoms with van der Waals surface area (Å²) in [6, 6.07) is 5.71. The Balaban J connectivity index is 1.96. The summed E-state index contributed by atoms with van der Waals surface area (Å²) >= 11 is 0. The molecule has 0 radical (unpaired) electrons. The lowest BCUT2D eigenvalue weighted by Gasteiger charge is -2.35. The fraction of sp³-hybridized carbons (Fsp3) is 0.538. The third-order valence-corrected chi connectivity index (χ3v) is 3.58. The molecular weight excluding hydrogens is 223 g/mol. The van der Waals surface area contributed by atoms with Crippen molar-refractivity contribution in [3.63, 3.8) is 0 Å². The quantitative estimate of drug-likeness (QED) is 0.750. The largest absolute Gasteiger partial charge is 0.493 e. The van der Waals surface area contributed by atoms with E-state index in [4.69, 9.17) is 14.2 Å². The number of hydrogen-bond acceptors (Lipinski definition) is 3. The number of benzene rings is 1. The molecule has 2 atom stereocenters. The van der Waals surface area contributed by atoms with E-state index in [1.807, 2.05) is 18.2 Å². The SMILES string of the molecule is COc1cccc2c1OC1(CCOCC1F)C2. The normalized spacial score (nSPS) is 31.1. The summed E-state index contributed by atoms with van der Waals surface area (Å²) in [6.45, 7) is 0.674. The van der Waals surface area contributed by atoms with Crippen molar-refractivity contribution in [3.05, 3.63) is 23.8 Å². The highest BCUT2D eigenvalue weighted by Gasteiger charge is 2.49. The molecule has 17 heavy (non-hydrogen) atoms. The molecule has 1 aromatic carbocycles. The molecule has 3 nitrogen and oxygen atoms in total. The van der Waals surface area contributed by atoms with Crippen molar-refractivity contribution >= 4 is 0 Å². The molecule has 1 spiro atoms. The van der Waals surface area contributed by atoms with Crippen LogP contribution in [0.5, 0.6) is 11.5 Å². The van der Waals surface area contributed by atoms with E-state index in [1.54, 1.807) is 7.11 Å². The molecule has 2 aliphatic heterocycles. The van der Waals surface area contributed by atoms with Crippen LogP contribution in [0, 0.1) is 0 Å². The monoisotopic (exact) mass is 238 g/mol. The predicted molar refractivity (Wildman–Crippen MR) is 60.4 cm³/mol. The lowest BCUT2D eigenvalue weighted by atomic mass is 9.88. The Labute approximate surface area is 99.5 Å². The van der Waals surface area contributed by atoms with Gasteiger partial charge in [-0.3, -0.25) is 0 Å². The van der Waals surface area contributed by atoms with Gasteiger partial charge in [-0.25, -0.2) is 4.39 Å². The van der Waals surface area contributed by atoms with Crippen LogP contribution in [0.15, 0.2) is 18.2 Å². The van der Waals surface area contributed by atoms with E-state index in [0.29, 0.717) is 30.9 Å². The van der Waals surface area contributed by atoms with Crippen LogP contribution in [0.4, 0.5) is 4.39 Å². The van der Waals surface area contributed by atoms with Crippen LogP contribution in [-0.4, -0.2) is 32.1 Å². The minimum absolute atomic E-state index is 0.121. The predicted octanol–water partition coefficient (Wildman–Crippen LogP) is 2.13. The van der Waals surface area contributed by atoms with Crippen molar-refractivity contribution in [2.75, 3.05) is 20.3 Å². The molecule has 2 aliphatic rings. The second kappa shape index (κ2) is 3.88. The van der Waals surface area contributed by atoms with Crippen molar-refractivity contribution in [1.29, 1.82) is 0 Å². The number of alkyl halides is 1. The molecule has 1 fully saturated rings. The van der Waals surface area contributed by atoms with Crippen LogP contribution in [0.1, 0.15) is 12.0 Å². The topological polar surface area (TPSA) is 27.7 Å². The molecule has 0 bridgehead atoms. The van der Waals surface area contributed by atoms with Crippen molar-refractivity contribution in [3.8, 4) is 11.5 Å². The van der Waals surface area contributed by atoms with E-state index in [-0.39, 0.29) is 6.61 Å². The van der Waals surface area contributed by atoms with Crippen LogP contribution in [0.25, 0.3) is 0 Å². The van der Waals surface area contributed by atoms with Crippen molar-refractivity contribution in [1.82, 2.24) is 0 Å². The maximum Gasteiger partial charge on any atom is 0.165 e. The number of para-hydroxylation sites is 1. The fourth-order valence-corrected chi connectivity index (χ4v) is 2.59. The first-order chi connectivity index (χ1) is 8.25. The Morgan fingerprint density at radius 1 is 1.47 bits per heavy atom. The minimum atomic E-state index is -1.08. The van der Waals surface area contributed by atoms with Crippen molar-refractivity contribution in [2.45, 2.75) is 24.6 Å². The van der Waals surface area contributed by atoms with Gasteiger partial charge in [0.05, 0.1) is 20.3 Å². The Bertz CT molecular complexity index is 435. The number of ether oxygens (including phenoxy) is 3. The first-order valence-corrected chi connectivity index (χ1v) is 5.82. The lowest BCUT2D eigenvalue weighted by Crippen LogP contribution is -2.50. The summed E-state index contributed by atoms with van der Waals surface area (Å²) in [5.74, 6) is 1.37. The standard InChI is InChI=1S/C13H15FO3/c1-15-10-4-2-3-9-7-13(17-12(9)10)5-6-16-8-11(13)14/h2-4,11H,5-8H2,1H3. The first kappa shape index (κ1) is 10.8. The van der Waals surface area contributed by atoms with E-state index in [0.717, 1.165) is 5.56 Å². The van der Waals surface area contributed by atoms with Gasteiger partial charge in [0.15, 0.2) is 17.7 Å². The molecule has 3 rings (SSSR count). The van der Waals surface area contributed by atoms with E-state index in [9.17, 15) is 4.39 Å². The van der Waals surface area contributed by atoms with Crippen LogP contribution in [0.2, 0.25) is 0 Å². The molecule has 4 heteroatoms. The average molecular weight is 238 g/mol. The highest BCUT2D eigenvalue weighted by Crippen LogP contribution is 2.46. The molecule has 0 N–H and O–H groups in total. The zero-order valence-electron chi connectivity index (χ0n) is 9.74. The van der Waals surface area contributed by atoms with Gasteiger partial charge in [-0.2, -0.15) is 0 Å². The van der Waals surface area contributed by atoms with Gasteiger partial charge in [0.2, 0.25) is 0 Å². The zero-order chi connectivity index (χ0) is 11.9. The zero-order valence-corrected chi connectivity index (χ0v) is 9.74.